The van der Waals surface area contributed by atoms with Crippen LogP contribution in [0.3, 0.4) is 0 Å². The zero-order valence-electron chi connectivity index (χ0n) is 16.9. The summed E-state index contributed by atoms with van der Waals surface area (Å²) in [6, 6.07) is 8.45. The van der Waals surface area contributed by atoms with Gasteiger partial charge in [-0.1, -0.05) is 24.3 Å². The summed E-state index contributed by atoms with van der Waals surface area (Å²) >= 11 is 0. The topological polar surface area (TPSA) is 77.0 Å². The normalized spacial score (nSPS) is 19.6. The van der Waals surface area contributed by atoms with Gasteiger partial charge < -0.3 is 20.4 Å². The van der Waals surface area contributed by atoms with E-state index in [1.807, 2.05) is 31.0 Å². The van der Waals surface area contributed by atoms with Gasteiger partial charge in [-0.05, 0) is 30.9 Å². The third-order valence-corrected chi connectivity index (χ3v) is 5.32. The van der Waals surface area contributed by atoms with Crippen molar-refractivity contribution in [2.24, 2.45) is 4.99 Å². The minimum atomic E-state index is 0.191. The molecule has 0 radical (unpaired) electrons. The average Bonchev–Trinajstić information content (AvgIpc) is 3.12. The quantitative estimate of drug-likeness (QED) is 0.442. The van der Waals surface area contributed by atoms with Crippen LogP contribution < -0.4 is 10.6 Å². The molecule has 1 unspecified atom stereocenters. The van der Waals surface area contributed by atoms with Crippen LogP contribution in [0.2, 0.25) is 0 Å². The van der Waals surface area contributed by atoms with Gasteiger partial charge in [0.05, 0.1) is 0 Å². The van der Waals surface area contributed by atoms with Gasteiger partial charge in [0.15, 0.2) is 5.96 Å². The van der Waals surface area contributed by atoms with Crippen LogP contribution in [0.1, 0.15) is 43.7 Å². The van der Waals surface area contributed by atoms with Crippen LogP contribution in [0.5, 0.6) is 0 Å². The molecule has 0 spiro atoms. The highest BCUT2D eigenvalue weighted by molar-refractivity contribution is 5.81. The second-order valence-electron chi connectivity index (χ2n) is 7.54. The number of benzene rings is 1. The lowest BCUT2D eigenvalue weighted by Gasteiger charge is -2.31. The minimum absolute atomic E-state index is 0.191. The van der Waals surface area contributed by atoms with Crippen molar-refractivity contribution in [3.8, 4) is 0 Å². The third-order valence-electron chi connectivity index (χ3n) is 5.32. The van der Waals surface area contributed by atoms with Gasteiger partial charge in [0.1, 0.15) is 0 Å². The summed E-state index contributed by atoms with van der Waals surface area (Å²) in [5.41, 5.74) is 2.51. The van der Waals surface area contributed by atoms with Crippen molar-refractivity contribution in [3.63, 3.8) is 0 Å². The monoisotopic (exact) mass is 385 g/mol. The number of hydrogen-bond acceptors (Lipinski definition) is 3. The summed E-state index contributed by atoms with van der Waals surface area (Å²) in [7, 11) is 1.84. The molecule has 2 aliphatic rings. The van der Waals surface area contributed by atoms with Gasteiger partial charge in [-0.15, -0.1) is 0 Å². The van der Waals surface area contributed by atoms with Crippen LogP contribution in [0.4, 0.5) is 0 Å². The fourth-order valence-electron chi connectivity index (χ4n) is 3.73. The lowest BCUT2D eigenvalue weighted by atomic mass is 10.1. The molecule has 0 saturated carbocycles. The molecular formula is C21H31N5O2. The van der Waals surface area contributed by atoms with E-state index in [-0.39, 0.29) is 17.9 Å². The van der Waals surface area contributed by atoms with Crippen LogP contribution >= 0.6 is 0 Å². The lowest BCUT2D eigenvalue weighted by molar-refractivity contribution is -0.132. The van der Waals surface area contributed by atoms with Crippen molar-refractivity contribution >= 4 is 17.8 Å². The van der Waals surface area contributed by atoms with Crippen molar-refractivity contribution in [1.29, 1.82) is 0 Å². The Labute approximate surface area is 167 Å². The van der Waals surface area contributed by atoms with Crippen molar-refractivity contribution < 1.29 is 9.59 Å². The van der Waals surface area contributed by atoms with Crippen molar-refractivity contribution in [2.75, 3.05) is 26.7 Å². The van der Waals surface area contributed by atoms with Gasteiger partial charge in [-0.2, -0.15) is 0 Å². The van der Waals surface area contributed by atoms with E-state index in [0.717, 1.165) is 38.4 Å². The highest BCUT2D eigenvalue weighted by Crippen LogP contribution is 2.22. The lowest BCUT2D eigenvalue weighted by Crippen LogP contribution is -2.51. The smallest absolute Gasteiger partial charge is 0.223 e. The first-order chi connectivity index (χ1) is 13.6. The Morgan fingerprint density at radius 1 is 1.25 bits per heavy atom. The minimum Gasteiger partial charge on any atom is -0.357 e. The van der Waals surface area contributed by atoms with Crippen LogP contribution in [-0.4, -0.2) is 60.3 Å². The molecule has 1 aromatic rings. The Morgan fingerprint density at radius 3 is 2.61 bits per heavy atom. The molecular weight excluding hydrogens is 354 g/mol. The number of hydrogen-bond donors (Lipinski definition) is 2. The molecule has 2 heterocycles. The van der Waals surface area contributed by atoms with Gasteiger partial charge in [-0.25, -0.2) is 0 Å². The standard InChI is InChI=1S/C21H31N5O2/c1-3-22-21(24-18-10-11-19(27)25(2)15-18)23-12-6-9-20(28)26-13-16-7-4-5-8-17(16)14-26/h4-5,7-8,18H,3,6,9-15H2,1-2H3,(H2,22,23,24). The fraction of sp³-hybridized carbons (Fsp3) is 0.571. The molecule has 7 heteroatoms. The summed E-state index contributed by atoms with van der Waals surface area (Å²) < 4.78 is 0. The maximum atomic E-state index is 12.5. The highest BCUT2D eigenvalue weighted by atomic mass is 16.2. The number of likely N-dealkylation sites (tertiary alicyclic amines) is 1. The number of guanidine groups is 1. The number of amides is 2. The first kappa shape index (κ1) is 20.2. The first-order valence-electron chi connectivity index (χ1n) is 10.2. The number of likely N-dealkylation sites (N-methyl/N-ethyl adjacent to an activating group) is 1. The SMILES string of the molecule is CCNC(=NCCCC(=O)N1Cc2ccccc2C1)NC1CCC(=O)N(C)C1. The third kappa shape index (κ3) is 5.24. The number of carbonyl (C=O) groups is 2. The molecule has 2 aliphatic heterocycles. The van der Waals surface area contributed by atoms with Gasteiger partial charge in [0, 0.05) is 58.7 Å². The second-order valence-corrected chi connectivity index (χ2v) is 7.54. The number of carbonyl (C=O) groups excluding carboxylic acids is 2. The molecule has 1 saturated heterocycles. The number of fused-ring (bicyclic) bond motifs is 1. The molecule has 1 aromatic carbocycles. The van der Waals surface area contributed by atoms with E-state index >= 15 is 0 Å². The van der Waals surface area contributed by atoms with E-state index in [0.29, 0.717) is 25.9 Å². The van der Waals surface area contributed by atoms with E-state index in [1.165, 1.54) is 11.1 Å². The zero-order chi connectivity index (χ0) is 19.9. The molecule has 1 fully saturated rings. The van der Waals surface area contributed by atoms with Crippen molar-refractivity contribution in [3.05, 3.63) is 35.4 Å². The van der Waals surface area contributed by atoms with E-state index in [9.17, 15) is 9.59 Å². The summed E-state index contributed by atoms with van der Waals surface area (Å²) in [6.45, 7) is 5.54. The van der Waals surface area contributed by atoms with E-state index in [2.05, 4.69) is 27.8 Å². The van der Waals surface area contributed by atoms with E-state index in [4.69, 9.17) is 0 Å². The molecule has 7 nitrogen and oxygen atoms in total. The van der Waals surface area contributed by atoms with Crippen LogP contribution in [0.15, 0.2) is 29.3 Å². The van der Waals surface area contributed by atoms with Crippen LogP contribution in [0, 0.1) is 0 Å². The molecule has 152 valence electrons. The Bertz CT molecular complexity index is 708. The Morgan fingerprint density at radius 2 is 1.96 bits per heavy atom. The molecule has 2 N–H and O–H groups in total. The first-order valence-corrected chi connectivity index (χ1v) is 10.2. The number of nitrogens with zero attached hydrogens (tertiary/aromatic N) is 3. The van der Waals surface area contributed by atoms with Gasteiger partial charge in [0.2, 0.25) is 11.8 Å². The Hall–Kier alpha value is -2.57. The van der Waals surface area contributed by atoms with Crippen molar-refractivity contribution in [1.82, 2.24) is 20.4 Å². The fourth-order valence-corrected chi connectivity index (χ4v) is 3.73. The summed E-state index contributed by atoms with van der Waals surface area (Å²) in [5.74, 6) is 1.15. The summed E-state index contributed by atoms with van der Waals surface area (Å²) in [4.78, 5) is 32.4. The number of nitrogens with one attached hydrogen (secondary N) is 2. The summed E-state index contributed by atoms with van der Waals surface area (Å²) in [6.07, 6.45) is 2.63. The molecule has 0 bridgehead atoms. The van der Waals surface area contributed by atoms with Crippen LogP contribution in [0.25, 0.3) is 0 Å². The predicted molar refractivity (Wildman–Crippen MR) is 110 cm³/mol. The largest absolute Gasteiger partial charge is 0.357 e. The molecule has 2 amide bonds. The molecule has 1 atom stereocenters. The predicted octanol–water partition coefficient (Wildman–Crippen LogP) is 1.48. The van der Waals surface area contributed by atoms with Crippen LogP contribution in [-0.2, 0) is 22.7 Å². The van der Waals surface area contributed by atoms with Gasteiger partial charge in [0.25, 0.3) is 0 Å². The Kier molecular flexibility index (Phi) is 6.90. The maximum Gasteiger partial charge on any atom is 0.223 e. The highest BCUT2D eigenvalue weighted by Gasteiger charge is 2.24. The molecule has 0 aromatic heterocycles. The van der Waals surface area contributed by atoms with Crippen molar-refractivity contribution in [2.45, 2.75) is 51.7 Å². The molecule has 3 rings (SSSR count). The summed E-state index contributed by atoms with van der Waals surface area (Å²) in [5, 5.41) is 6.66. The average molecular weight is 386 g/mol. The van der Waals surface area contributed by atoms with E-state index < -0.39 is 0 Å². The second kappa shape index (κ2) is 9.57. The molecule has 0 aliphatic carbocycles. The molecule has 28 heavy (non-hydrogen) atoms. The number of rotatable bonds is 6. The van der Waals surface area contributed by atoms with Gasteiger partial charge >= 0.3 is 0 Å². The number of aliphatic imine (C=N–C) groups is 1. The maximum absolute atomic E-state index is 12.5. The van der Waals surface area contributed by atoms with Gasteiger partial charge in [-0.3, -0.25) is 14.6 Å². The zero-order valence-corrected chi connectivity index (χ0v) is 16.9. The number of piperidine rings is 1. The van der Waals surface area contributed by atoms with E-state index in [1.54, 1.807) is 4.90 Å². The Balaban J connectivity index is 1.43.